The molecule has 0 radical (unpaired) electrons. The average Bonchev–Trinajstić information content (AvgIpc) is 3.68. The molecule has 5 aromatic rings. The highest BCUT2D eigenvalue weighted by atomic mass is 16.5. The van der Waals surface area contributed by atoms with Crippen LogP contribution in [0.5, 0.6) is 5.75 Å². The maximum atomic E-state index is 6.10. The van der Waals surface area contributed by atoms with E-state index in [1.54, 1.807) is 0 Å². The summed E-state index contributed by atoms with van der Waals surface area (Å²) in [5.74, 6) is 1.99. The van der Waals surface area contributed by atoms with Crippen LogP contribution in [0.3, 0.4) is 0 Å². The molecule has 3 heterocycles. The van der Waals surface area contributed by atoms with Crippen molar-refractivity contribution in [3.05, 3.63) is 78.9 Å². The third-order valence-corrected chi connectivity index (χ3v) is 8.70. The first-order valence-corrected chi connectivity index (χ1v) is 15.2. The van der Waals surface area contributed by atoms with Gasteiger partial charge in [0, 0.05) is 29.1 Å². The molecule has 0 atom stereocenters. The van der Waals surface area contributed by atoms with Crippen molar-refractivity contribution in [1.29, 1.82) is 0 Å². The Morgan fingerprint density at radius 2 is 1.60 bits per heavy atom. The number of likely N-dealkylation sites (tertiary alicyclic amines) is 1. The van der Waals surface area contributed by atoms with Crippen molar-refractivity contribution in [3.8, 4) is 28.4 Å². The largest absolute Gasteiger partial charge is 0.494 e. The van der Waals surface area contributed by atoms with Crippen molar-refractivity contribution >= 4 is 21.9 Å². The molecule has 2 fully saturated rings. The lowest BCUT2D eigenvalue weighted by Gasteiger charge is -2.25. The first kappa shape index (κ1) is 25.3. The predicted molar refractivity (Wildman–Crippen MR) is 164 cm³/mol. The van der Waals surface area contributed by atoms with Crippen molar-refractivity contribution in [2.24, 2.45) is 0 Å². The van der Waals surface area contributed by atoms with Gasteiger partial charge in [-0.05, 0) is 93.7 Å². The highest BCUT2D eigenvalue weighted by molar-refractivity contribution is 5.88. The number of benzene rings is 3. The second-order valence-electron chi connectivity index (χ2n) is 11.5. The fraction of sp³-hybridized carbons (Fsp3) is 0.371. The molecule has 0 unspecified atom stereocenters. The summed E-state index contributed by atoms with van der Waals surface area (Å²) in [7, 11) is 0. The van der Waals surface area contributed by atoms with Gasteiger partial charge < -0.3 is 14.2 Å². The van der Waals surface area contributed by atoms with E-state index in [2.05, 4.69) is 82.3 Å². The second-order valence-corrected chi connectivity index (χ2v) is 11.5. The number of para-hydroxylation sites is 2. The molecule has 0 N–H and O–H groups in total. The Morgan fingerprint density at radius 3 is 2.50 bits per heavy atom. The molecule has 7 rings (SSSR count). The van der Waals surface area contributed by atoms with Gasteiger partial charge in [-0.15, -0.1) is 0 Å². The molecule has 40 heavy (non-hydrogen) atoms. The van der Waals surface area contributed by atoms with Crippen molar-refractivity contribution in [1.82, 2.24) is 19.4 Å². The SMILES string of the molecule is c1cc(OCCCN2CCCC2)cc(-c2ccc3cc(-c4nc5ccccc5n4C4CCCCC4)ccc3n2)c1. The Balaban J connectivity index is 1.13. The molecule has 5 nitrogen and oxygen atoms in total. The first-order valence-electron chi connectivity index (χ1n) is 15.2. The van der Waals surface area contributed by atoms with Crippen LogP contribution in [0.1, 0.15) is 57.4 Å². The molecular weight excluding hydrogens is 492 g/mol. The summed E-state index contributed by atoms with van der Waals surface area (Å²) in [6.45, 7) is 4.36. The van der Waals surface area contributed by atoms with Gasteiger partial charge in [0.15, 0.2) is 0 Å². The van der Waals surface area contributed by atoms with Crippen molar-refractivity contribution in [2.45, 2.75) is 57.4 Å². The fourth-order valence-electron chi connectivity index (χ4n) is 6.61. The number of ether oxygens (including phenoxy) is 1. The van der Waals surface area contributed by atoms with Crippen LogP contribution in [0.4, 0.5) is 0 Å². The summed E-state index contributed by atoms with van der Waals surface area (Å²) < 4.78 is 8.61. The summed E-state index contributed by atoms with van der Waals surface area (Å²) in [5.41, 5.74) is 6.54. The van der Waals surface area contributed by atoms with Gasteiger partial charge in [0.1, 0.15) is 11.6 Å². The van der Waals surface area contributed by atoms with Crippen LogP contribution in [0.2, 0.25) is 0 Å². The molecule has 0 spiro atoms. The second kappa shape index (κ2) is 11.4. The monoisotopic (exact) mass is 530 g/mol. The highest BCUT2D eigenvalue weighted by Crippen LogP contribution is 2.36. The summed E-state index contributed by atoms with van der Waals surface area (Å²) in [6.07, 6.45) is 10.1. The van der Waals surface area contributed by atoms with Crippen LogP contribution >= 0.6 is 0 Å². The summed E-state index contributed by atoms with van der Waals surface area (Å²) in [6, 6.07) is 28.4. The normalized spacial score (nSPS) is 16.7. The van der Waals surface area contributed by atoms with Gasteiger partial charge in [-0.3, -0.25) is 0 Å². The van der Waals surface area contributed by atoms with E-state index in [-0.39, 0.29) is 0 Å². The molecular formula is C35H38N4O. The van der Waals surface area contributed by atoms with Crippen LogP contribution < -0.4 is 4.74 Å². The molecule has 1 saturated carbocycles. The summed E-state index contributed by atoms with van der Waals surface area (Å²) in [5, 5.41) is 1.14. The van der Waals surface area contributed by atoms with Gasteiger partial charge >= 0.3 is 0 Å². The highest BCUT2D eigenvalue weighted by Gasteiger charge is 2.22. The van der Waals surface area contributed by atoms with Crippen LogP contribution in [0, 0.1) is 0 Å². The zero-order valence-electron chi connectivity index (χ0n) is 23.3. The minimum absolute atomic E-state index is 0.516. The Kier molecular flexibility index (Phi) is 7.22. The zero-order valence-corrected chi connectivity index (χ0v) is 23.3. The quantitative estimate of drug-likeness (QED) is 0.189. The number of imidazole rings is 1. The molecule has 2 aliphatic rings. The maximum Gasteiger partial charge on any atom is 0.141 e. The number of hydrogen-bond acceptors (Lipinski definition) is 4. The Hall–Kier alpha value is -3.70. The van der Waals surface area contributed by atoms with Gasteiger partial charge in [0.2, 0.25) is 0 Å². The molecule has 2 aromatic heterocycles. The topological polar surface area (TPSA) is 43.2 Å². The van der Waals surface area contributed by atoms with Crippen molar-refractivity contribution < 1.29 is 4.74 Å². The van der Waals surface area contributed by atoms with E-state index in [4.69, 9.17) is 14.7 Å². The summed E-state index contributed by atoms with van der Waals surface area (Å²) in [4.78, 5) is 12.7. The number of rotatable bonds is 8. The first-order chi connectivity index (χ1) is 19.8. The molecule has 3 aromatic carbocycles. The molecule has 1 aliphatic carbocycles. The van der Waals surface area contributed by atoms with E-state index in [0.29, 0.717) is 6.04 Å². The standard InChI is InChI=1S/C35H38N4O/c1-2-11-29(12-3-1)39-34-15-5-4-14-33(34)37-35(39)28-17-19-32-27(24-28)16-18-31(36-32)26-10-8-13-30(25-26)40-23-9-22-38-20-6-7-21-38/h4-5,8,10,13-19,24-25,29H,1-3,6-7,9,11-12,20-23H2. The minimum Gasteiger partial charge on any atom is -0.494 e. The molecule has 5 heteroatoms. The van der Waals surface area contributed by atoms with Crippen molar-refractivity contribution in [2.75, 3.05) is 26.2 Å². The van der Waals surface area contributed by atoms with Gasteiger partial charge in [-0.2, -0.15) is 0 Å². The summed E-state index contributed by atoms with van der Waals surface area (Å²) >= 11 is 0. The Bertz CT molecular complexity index is 1610. The smallest absolute Gasteiger partial charge is 0.141 e. The lowest BCUT2D eigenvalue weighted by atomic mass is 9.94. The van der Waals surface area contributed by atoms with E-state index >= 15 is 0 Å². The van der Waals surface area contributed by atoms with E-state index < -0.39 is 0 Å². The van der Waals surface area contributed by atoms with Gasteiger partial charge in [-0.1, -0.05) is 49.6 Å². The number of nitrogens with zero attached hydrogens (tertiary/aromatic N) is 4. The number of hydrogen-bond donors (Lipinski definition) is 0. The molecule has 1 saturated heterocycles. The van der Waals surface area contributed by atoms with Crippen LogP contribution in [-0.2, 0) is 0 Å². The third kappa shape index (κ3) is 5.23. The fourth-order valence-corrected chi connectivity index (χ4v) is 6.61. The van der Waals surface area contributed by atoms with Crippen LogP contribution in [0.25, 0.3) is 44.6 Å². The molecule has 204 valence electrons. The predicted octanol–water partition coefficient (Wildman–Crippen LogP) is 8.29. The van der Waals surface area contributed by atoms with E-state index in [0.717, 1.165) is 64.4 Å². The Labute approximate surface area is 236 Å². The zero-order chi connectivity index (χ0) is 26.7. The third-order valence-electron chi connectivity index (χ3n) is 8.70. The average molecular weight is 531 g/mol. The van der Waals surface area contributed by atoms with Gasteiger partial charge in [0.25, 0.3) is 0 Å². The lowest BCUT2D eigenvalue weighted by molar-refractivity contribution is 0.263. The Morgan fingerprint density at radius 1 is 0.725 bits per heavy atom. The van der Waals surface area contributed by atoms with E-state index in [1.165, 1.54) is 63.6 Å². The number of pyridine rings is 1. The lowest BCUT2D eigenvalue weighted by Crippen LogP contribution is -2.21. The van der Waals surface area contributed by atoms with Gasteiger partial charge in [-0.25, -0.2) is 9.97 Å². The van der Waals surface area contributed by atoms with Crippen LogP contribution in [0.15, 0.2) is 78.9 Å². The van der Waals surface area contributed by atoms with E-state index in [1.807, 2.05) is 6.07 Å². The number of fused-ring (bicyclic) bond motifs is 2. The molecule has 1 aliphatic heterocycles. The van der Waals surface area contributed by atoms with Crippen molar-refractivity contribution in [3.63, 3.8) is 0 Å². The van der Waals surface area contributed by atoms with Gasteiger partial charge in [0.05, 0.1) is 28.9 Å². The molecule has 0 amide bonds. The maximum absolute atomic E-state index is 6.10. The van der Waals surface area contributed by atoms with Crippen LogP contribution in [-0.4, -0.2) is 45.7 Å². The molecule has 0 bridgehead atoms. The van der Waals surface area contributed by atoms with E-state index in [9.17, 15) is 0 Å². The minimum atomic E-state index is 0.516. The number of aromatic nitrogens is 3.